The predicted molar refractivity (Wildman–Crippen MR) is 76.6 cm³/mol. The number of aryl methyl sites for hydroxylation is 1. The van der Waals surface area contributed by atoms with Gasteiger partial charge >= 0.3 is 5.97 Å². The third-order valence-corrected chi connectivity index (χ3v) is 3.48. The van der Waals surface area contributed by atoms with Gasteiger partial charge in [-0.15, -0.1) is 0 Å². The van der Waals surface area contributed by atoms with Crippen molar-refractivity contribution in [3.8, 4) is 0 Å². The van der Waals surface area contributed by atoms with Crippen molar-refractivity contribution in [1.29, 1.82) is 0 Å². The van der Waals surface area contributed by atoms with Gasteiger partial charge in [0.25, 0.3) is 0 Å². The van der Waals surface area contributed by atoms with Crippen LogP contribution in [0.4, 0.5) is 0 Å². The minimum absolute atomic E-state index is 0.0626. The smallest absolute Gasteiger partial charge is 0.335 e. The van der Waals surface area contributed by atoms with Crippen molar-refractivity contribution in [2.75, 3.05) is 0 Å². The van der Waals surface area contributed by atoms with E-state index in [4.69, 9.17) is 5.11 Å². The number of carbonyl (C=O) groups is 2. The van der Waals surface area contributed by atoms with Crippen molar-refractivity contribution in [3.63, 3.8) is 0 Å². The van der Waals surface area contributed by atoms with Crippen LogP contribution in [0.15, 0.2) is 36.4 Å². The number of hydrogen-bond acceptors (Lipinski definition) is 2. The molecule has 0 unspecified atom stereocenters. The first-order valence-electron chi connectivity index (χ1n) is 6.92. The highest BCUT2D eigenvalue weighted by molar-refractivity contribution is 5.87. The summed E-state index contributed by atoms with van der Waals surface area (Å²) in [4.78, 5) is 22.6. The largest absolute Gasteiger partial charge is 0.478 e. The number of aromatic carboxylic acids is 1. The van der Waals surface area contributed by atoms with Crippen LogP contribution in [-0.2, 0) is 11.2 Å². The molecule has 0 saturated heterocycles. The van der Waals surface area contributed by atoms with E-state index in [9.17, 15) is 9.59 Å². The highest BCUT2D eigenvalue weighted by atomic mass is 16.4. The Hall–Kier alpha value is -2.10. The zero-order chi connectivity index (χ0) is 14.4. The van der Waals surface area contributed by atoms with Gasteiger partial charge in [0.05, 0.1) is 5.56 Å². The molecule has 4 heteroatoms. The monoisotopic (exact) mass is 273 g/mol. The Morgan fingerprint density at radius 1 is 1.20 bits per heavy atom. The second kappa shape index (κ2) is 6.89. The first-order chi connectivity index (χ1) is 9.65. The summed E-state index contributed by atoms with van der Waals surface area (Å²) in [6, 6.07) is 6.94. The summed E-state index contributed by atoms with van der Waals surface area (Å²) in [6.07, 6.45) is 8.28. The molecule has 0 saturated carbocycles. The molecule has 1 amide bonds. The minimum atomic E-state index is -0.931. The zero-order valence-corrected chi connectivity index (χ0v) is 11.3. The van der Waals surface area contributed by atoms with Crippen molar-refractivity contribution in [2.24, 2.45) is 0 Å². The molecule has 1 atom stereocenters. The Kier molecular flexibility index (Phi) is 4.93. The lowest BCUT2D eigenvalue weighted by molar-refractivity contribution is -0.121. The Morgan fingerprint density at radius 3 is 2.55 bits per heavy atom. The molecule has 2 rings (SSSR count). The van der Waals surface area contributed by atoms with E-state index < -0.39 is 5.97 Å². The lowest BCUT2D eigenvalue weighted by Gasteiger charge is -2.19. The van der Waals surface area contributed by atoms with Gasteiger partial charge in [0, 0.05) is 12.5 Å². The Balaban J connectivity index is 1.77. The molecular formula is C16H19NO3. The average Bonchev–Trinajstić information content (AvgIpc) is 2.46. The van der Waals surface area contributed by atoms with Crippen LogP contribution in [0.1, 0.15) is 41.6 Å². The number of nitrogens with one attached hydrogen (secondary N) is 1. The van der Waals surface area contributed by atoms with Crippen LogP contribution in [0, 0.1) is 0 Å². The molecule has 0 bridgehead atoms. The van der Waals surface area contributed by atoms with Crippen LogP contribution in [0.2, 0.25) is 0 Å². The van der Waals surface area contributed by atoms with Crippen LogP contribution in [0.5, 0.6) is 0 Å². The number of amides is 1. The van der Waals surface area contributed by atoms with Crippen LogP contribution < -0.4 is 5.32 Å². The molecule has 106 valence electrons. The lowest BCUT2D eigenvalue weighted by atomic mass is 10.0. The fraction of sp³-hybridized carbons (Fsp3) is 0.375. The molecule has 0 radical (unpaired) electrons. The minimum Gasteiger partial charge on any atom is -0.478 e. The van der Waals surface area contributed by atoms with Gasteiger partial charge in [-0.1, -0.05) is 24.3 Å². The number of hydrogen-bond donors (Lipinski definition) is 2. The number of carboxylic acids is 1. The number of benzene rings is 1. The average molecular weight is 273 g/mol. The van der Waals surface area contributed by atoms with E-state index in [2.05, 4.69) is 17.5 Å². The Bertz CT molecular complexity index is 505. The van der Waals surface area contributed by atoms with E-state index in [-0.39, 0.29) is 17.5 Å². The maximum atomic E-state index is 11.8. The molecule has 0 aromatic heterocycles. The van der Waals surface area contributed by atoms with E-state index in [0.717, 1.165) is 24.8 Å². The molecular weight excluding hydrogens is 254 g/mol. The fourth-order valence-corrected chi connectivity index (χ4v) is 2.30. The van der Waals surface area contributed by atoms with Crippen molar-refractivity contribution in [3.05, 3.63) is 47.5 Å². The van der Waals surface area contributed by atoms with Crippen molar-refractivity contribution in [2.45, 2.75) is 38.1 Å². The summed E-state index contributed by atoms with van der Waals surface area (Å²) in [7, 11) is 0. The van der Waals surface area contributed by atoms with Gasteiger partial charge in [-0.25, -0.2) is 4.79 Å². The molecule has 0 fully saturated rings. The molecule has 20 heavy (non-hydrogen) atoms. The first kappa shape index (κ1) is 14.3. The van der Waals surface area contributed by atoms with Gasteiger partial charge in [-0.3, -0.25) is 4.79 Å². The molecule has 0 spiro atoms. The Labute approximate surface area is 118 Å². The number of allylic oxidation sites excluding steroid dienone is 1. The summed E-state index contributed by atoms with van der Waals surface area (Å²) >= 11 is 0. The summed E-state index contributed by atoms with van der Waals surface area (Å²) in [5.74, 6) is -0.868. The third kappa shape index (κ3) is 4.23. The number of rotatable bonds is 5. The molecule has 1 aromatic rings. The highest BCUT2D eigenvalue weighted by Gasteiger charge is 2.12. The Morgan fingerprint density at radius 2 is 1.95 bits per heavy atom. The van der Waals surface area contributed by atoms with E-state index in [0.29, 0.717) is 12.8 Å². The maximum Gasteiger partial charge on any atom is 0.335 e. The van der Waals surface area contributed by atoms with Crippen LogP contribution in [0.3, 0.4) is 0 Å². The lowest BCUT2D eigenvalue weighted by Crippen LogP contribution is -2.35. The summed E-state index contributed by atoms with van der Waals surface area (Å²) < 4.78 is 0. The van der Waals surface area contributed by atoms with Gasteiger partial charge in [0.15, 0.2) is 0 Å². The van der Waals surface area contributed by atoms with E-state index in [1.54, 1.807) is 24.3 Å². The second-order valence-corrected chi connectivity index (χ2v) is 5.05. The van der Waals surface area contributed by atoms with Gasteiger partial charge in [-0.05, 0) is 43.4 Å². The van der Waals surface area contributed by atoms with Gasteiger partial charge in [-0.2, -0.15) is 0 Å². The quantitative estimate of drug-likeness (QED) is 0.810. The summed E-state index contributed by atoms with van der Waals surface area (Å²) in [5.41, 5.74) is 1.25. The van der Waals surface area contributed by atoms with E-state index in [1.165, 1.54) is 0 Å². The van der Waals surface area contributed by atoms with Crippen LogP contribution in [-0.4, -0.2) is 23.0 Å². The second-order valence-electron chi connectivity index (χ2n) is 5.05. The van der Waals surface area contributed by atoms with Crippen molar-refractivity contribution in [1.82, 2.24) is 5.32 Å². The molecule has 1 aliphatic carbocycles. The van der Waals surface area contributed by atoms with Crippen molar-refractivity contribution < 1.29 is 14.7 Å². The van der Waals surface area contributed by atoms with Gasteiger partial charge < -0.3 is 10.4 Å². The standard InChI is InChI=1S/C16H19NO3/c18-15(17-14-4-2-1-3-5-14)11-8-12-6-9-13(10-7-12)16(19)20/h1-2,6-7,9-10,14H,3-5,8,11H2,(H,17,18)(H,19,20)/t14-/m0/s1. The molecule has 2 N–H and O–H groups in total. The van der Waals surface area contributed by atoms with E-state index in [1.807, 2.05) is 0 Å². The number of carboxylic acid groups (broad SMARTS) is 1. The molecule has 0 aliphatic heterocycles. The zero-order valence-electron chi connectivity index (χ0n) is 11.3. The predicted octanol–water partition coefficient (Wildman–Crippen LogP) is 2.54. The first-order valence-corrected chi connectivity index (χ1v) is 6.92. The summed E-state index contributed by atoms with van der Waals surface area (Å²) in [6.45, 7) is 0. The molecule has 1 aliphatic rings. The molecule has 0 heterocycles. The fourth-order valence-electron chi connectivity index (χ4n) is 2.30. The van der Waals surface area contributed by atoms with Crippen LogP contribution >= 0.6 is 0 Å². The SMILES string of the molecule is O=C(CCc1ccc(C(=O)O)cc1)N[C@H]1CC=CCC1. The van der Waals surface area contributed by atoms with Gasteiger partial charge in [0.2, 0.25) is 5.91 Å². The van der Waals surface area contributed by atoms with Crippen molar-refractivity contribution >= 4 is 11.9 Å². The van der Waals surface area contributed by atoms with Crippen LogP contribution in [0.25, 0.3) is 0 Å². The summed E-state index contributed by atoms with van der Waals surface area (Å²) in [5, 5.41) is 11.8. The van der Waals surface area contributed by atoms with Gasteiger partial charge in [0.1, 0.15) is 0 Å². The maximum absolute atomic E-state index is 11.8. The molecule has 1 aromatic carbocycles. The number of carbonyl (C=O) groups excluding carboxylic acids is 1. The normalized spacial score (nSPS) is 17.7. The third-order valence-electron chi connectivity index (χ3n) is 3.48. The van der Waals surface area contributed by atoms with E-state index >= 15 is 0 Å². The molecule has 4 nitrogen and oxygen atoms in total. The topological polar surface area (TPSA) is 66.4 Å². The highest BCUT2D eigenvalue weighted by Crippen LogP contribution is 2.11.